The zero-order chi connectivity index (χ0) is 23.0. The molecule has 0 aliphatic carbocycles. The second kappa shape index (κ2) is 8.57. The fraction of sp³-hybridized carbons (Fsp3) is 0.360. The minimum absolute atomic E-state index is 0.0550. The minimum Gasteiger partial charge on any atom is -0.366 e. The van der Waals surface area contributed by atoms with Crippen molar-refractivity contribution in [3.8, 4) is 0 Å². The summed E-state index contributed by atoms with van der Waals surface area (Å²) < 4.78 is 0. The van der Waals surface area contributed by atoms with Gasteiger partial charge >= 0.3 is 0 Å². The van der Waals surface area contributed by atoms with Gasteiger partial charge in [-0.1, -0.05) is 32.9 Å². The van der Waals surface area contributed by atoms with E-state index in [1.54, 1.807) is 24.3 Å². The summed E-state index contributed by atoms with van der Waals surface area (Å²) in [5.74, 6) is 0.181. The number of likely N-dealkylation sites (tertiary alicyclic amines) is 1. The van der Waals surface area contributed by atoms with Crippen molar-refractivity contribution in [2.45, 2.75) is 39.5 Å². The monoisotopic (exact) mass is 433 g/mol. The Labute approximate surface area is 187 Å². The molecule has 2 heterocycles. The highest BCUT2D eigenvalue weighted by molar-refractivity contribution is 6.45. The van der Waals surface area contributed by atoms with Crippen LogP contribution in [0.3, 0.4) is 0 Å². The number of non-ortho nitro benzene ring substituents is 1. The van der Waals surface area contributed by atoms with Gasteiger partial charge < -0.3 is 4.90 Å². The van der Waals surface area contributed by atoms with Crippen molar-refractivity contribution in [3.63, 3.8) is 0 Å². The van der Waals surface area contributed by atoms with Crippen LogP contribution in [0.15, 0.2) is 54.2 Å². The fourth-order valence-electron chi connectivity index (χ4n) is 4.30. The molecule has 2 aliphatic rings. The number of nitro groups is 1. The Morgan fingerprint density at radius 3 is 2.06 bits per heavy atom. The summed E-state index contributed by atoms with van der Waals surface area (Å²) in [7, 11) is 0. The maximum atomic E-state index is 13.6. The Balaban J connectivity index is 1.76. The first kappa shape index (κ1) is 21.7. The van der Waals surface area contributed by atoms with Gasteiger partial charge in [-0.2, -0.15) is 0 Å². The third-order valence-electron chi connectivity index (χ3n) is 6.34. The standard InChI is InChI=1S/C25H27N3O4/c1-16(2)18-4-8-20(9-5-18)27-24(29)22(19-6-10-21(11-7-19)28(31)32)23(25(27)30)26-14-12-17(3)13-15-26/h4-11,16-17H,12-15H2,1-3H3. The highest BCUT2D eigenvalue weighted by Gasteiger charge is 2.43. The van der Waals surface area contributed by atoms with Crippen molar-refractivity contribution in [1.29, 1.82) is 0 Å². The number of carbonyl (C=O) groups excluding carboxylic acids is 2. The van der Waals surface area contributed by atoms with Crippen molar-refractivity contribution in [2.24, 2.45) is 5.92 Å². The fourth-order valence-corrected chi connectivity index (χ4v) is 4.30. The summed E-state index contributed by atoms with van der Waals surface area (Å²) in [6, 6.07) is 13.3. The van der Waals surface area contributed by atoms with E-state index in [0.29, 0.717) is 47.4 Å². The van der Waals surface area contributed by atoms with E-state index in [0.717, 1.165) is 18.4 Å². The molecule has 2 aromatic rings. The van der Waals surface area contributed by atoms with Gasteiger partial charge in [0, 0.05) is 25.2 Å². The number of benzene rings is 2. The van der Waals surface area contributed by atoms with E-state index in [4.69, 9.17) is 0 Å². The van der Waals surface area contributed by atoms with Crippen LogP contribution in [0.4, 0.5) is 11.4 Å². The summed E-state index contributed by atoms with van der Waals surface area (Å²) in [5.41, 5.74) is 2.83. The van der Waals surface area contributed by atoms with E-state index in [9.17, 15) is 19.7 Å². The first-order chi connectivity index (χ1) is 15.3. The van der Waals surface area contributed by atoms with Gasteiger partial charge in [0.25, 0.3) is 17.5 Å². The van der Waals surface area contributed by atoms with E-state index in [-0.39, 0.29) is 11.6 Å². The molecule has 0 unspecified atom stereocenters. The number of hydrogen-bond donors (Lipinski definition) is 0. The van der Waals surface area contributed by atoms with Crippen LogP contribution in [0.25, 0.3) is 5.57 Å². The third-order valence-corrected chi connectivity index (χ3v) is 6.34. The van der Waals surface area contributed by atoms with E-state index < -0.39 is 10.8 Å². The quantitative estimate of drug-likeness (QED) is 0.387. The molecule has 1 saturated heterocycles. The van der Waals surface area contributed by atoms with E-state index >= 15 is 0 Å². The summed E-state index contributed by atoms with van der Waals surface area (Å²) in [5, 5.41) is 11.1. The molecule has 1 fully saturated rings. The number of nitrogens with zero attached hydrogens (tertiary/aromatic N) is 3. The lowest BCUT2D eigenvalue weighted by molar-refractivity contribution is -0.384. The molecular formula is C25H27N3O4. The molecule has 0 aromatic heterocycles. The maximum Gasteiger partial charge on any atom is 0.282 e. The lowest BCUT2D eigenvalue weighted by atomic mass is 9.97. The summed E-state index contributed by atoms with van der Waals surface area (Å²) >= 11 is 0. The average molecular weight is 434 g/mol. The molecule has 166 valence electrons. The second-order valence-corrected chi connectivity index (χ2v) is 8.89. The first-order valence-corrected chi connectivity index (χ1v) is 11.0. The Morgan fingerprint density at radius 1 is 0.938 bits per heavy atom. The van der Waals surface area contributed by atoms with Crippen LogP contribution in [0.1, 0.15) is 50.7 Å². The van der Waals surface area contributed by atoms with Crippen LogP contribution >= 0.6 is 0 Å². The highest BCUT2D eigenvalue weighted by Crippen LogP contribution is 2.37. The van der Waals surface area contributed by atoms with E-state index in [1.807, 2.05) is 17.0 Å². The molecule has 2 aliphatic heterocycles. The lowest BCUT2D eigenvalue weighted by Crippen LogP contribution is -2.38. The van der Waals surface area contributed by atoms with Gasteiger partial charge in [0.05, 0.1) is 16.2 Å². The van der Waals surface area contributed by atoms with E-state index in [1.165, 1.54) is 17.0 Å². The number of anilines is 1. The topological polar surface area (TPSA) is 83.8 Å². The molecule has 0 saturated carbocycles. The Bertz CT molecular complexity index is 1080. The first-order valence-electron chi connectivity index (χ1n) is 11.0. The second-order valence-electron chi connectivity index (χ2n) is 8.89. The molecule has 0 N–H and O–H groups in total. The minimum atomic E-state index is -0.477. The van der Waals surface area contributed by atoms with Crippen LogP contribution in [0, 0.1) is 16.0 Å². The molecule has 2 amide bonds. The van der Waals surface area contributed by atoms with Crippen LogP contribution in [-0.2, 0) is 9.59 Å². The number of amides is 2. The molecule has 0 spiro atoms. The van der Waals surface area contributed by atoms with Crippen molar-refractivity contribution in [3.05, 3.63) is 75.5 Å². The molecule has 32 heavy (non-hydrogen) atoms. The largest absolute Gasteiger partial charge is 0.366 e. The molecule has 2 aromatic carbocycles. The van der Waals surface area contributed by atoms with Crippen LogP contribution < -0.4 is 4.90 Å². The zero-order valence-corrected chi connectivity index (χ0v) is 18.6. The van der Waals surface area contributed by atoms with Crippen molar-refractivity contribution < 1.29 is 14.5 Å². The van der Waals surface area contributed by atoms with Gasteiger partial charge in [0.15, 0.2) is 0 Å². The Kier molecular flexibility index (Phi) is 5.82. The van der Waals surface area contributed by atoms with Gasteiger partial charge in [-0.05, 0) is 60.1 Å². The maximum absolute atomic E-state index is 13.6. The van der Waals surface area contributed by atoms with Gasteiger partial charge in [-0.25, -0.2) is 4.90 Å². The predicted molar refractivity (Wildman–Crippen MR) is 123 cm³/mol. The molecule has 4 rings (SSSR count). The van der Waals surface area contributed by atoms with Crippen LogP contribution in [0.2, 0.25) is 0 Å². The van der Waals surface area contributed by atoms with Gasteiger partial charge in [0.1, 0.15) is 5.70 Å². The summed E-state index contributed by atoms with van der Waals surface area (Å²) in [4.78, 5) is 40.9. The van der Waals surface area contributed by atoms with Gasteiger partial charge in [0.2, 0.25) is 0 Å². The molecule has 0 radical (unpaired) electrons. The number of rotatable bonds is 5. The van der Waals surface area contributed by atoms with Crippen LogP contribution in [-0.4, -0.2) is 34.7 Å². The molecule has 0 bridgehead atoms. The smallest absolute Gasteiger partial charge is 0.282 e. The van der Waals surface area contributed by atoms with Gasteiger partial charge in [-0.15, -0.1) is 0 Å². The molecule has 7 heteroatoms. The van der Waals surface area contributed by atoms with Crippen molar-refractivity contribution in [1.82, 2.24) is 4.90 Å². The normalized spacial score (nSPS) is 17.6. The highest BCUT2D eigenvalue weighted by atomic mass is 16.6. The number of piperidine rings is 1. The number of nitro benzene ring substituents is 1. The predicted octanol–water partition coefficient (Wildman–Crippen LogP) is 4.73. The zero-order valence-electron chi connectivity index (χ0n) is 18.6. The summed E-state index contributed by atoms with van der Waals surface area (Å²) in [6.45, 7) is 7.77. The molecule has 0 atom stereocenters. The molecule has 7 nitrogen and oxygen atoms in total. The third kappa shape index (κ3) is 3.90. The Hall–Kier alpha value is -3.48. The Morgan fingerprint density at radius 2 is 1.53 bits per heavy atom. The average Bonchev–Trinajstić information content (AvgIpc) is 3.04. The van der Waals surface area contributed by atoms with Crippen LogP contribution in [0.5, 0.6) is 0 Å². The van der Waals surface area contributed by atoms with Crippen molar-refractivity contribution >= 4 is 28.8 Å². The molecular weight excluding hydrogens is 406 g/mol. The van der Waals surface area contributed by atoms with Gasteiger partial charge in [-0.3, -0.25) is 19.7 Å². The SMILES string of the molecule is CC1CCN(C2=C(c3ccc([N+](=O)[O-])cc3)C(=O)N(c3ccc(C(C)C)cc3)C2=O)CC1. The lowest BCUT2D eigenvalue weighted by Gasteiger charge is -2.32. The number of hydrogen-bond acceptors (Lipinski definition) is 5. The van der Waals surface area contributed by atoms with E-state index in [2.05, 4.69) is 20.8 Å². The van der Waals surface area contributed by atoms with Crippen molar-refractivity contribution in [2.75, 3.05) is 18.0 Å². The number of imide groups is 1. The summed E-state index contributed by atoms with van der Waals surface area (Å²) in [6.07, 6.45) is 1.89. The number of carbonyl (C=O) groups is 2.